The highest BCUT2D eigenvalue weighted by Gasteiger charge is 2.73. The van der Waals surface area contributed by atoms with Crippen molar-refractivity contribution < 1.29 is 14.3 Å². The fourth-order valence-electron chi connectivity index (χ4n) is 7.00. The molecule has 0 amide bonds. The molecule has 3 atom stereocenters. The second-order valence-corrected chi connectivity index (χ2v) is 13.1. The molecule has 4 rings (SSSR count). The SMILES string of the molecule is C=C(c1ccccc1)C12C(=O)C3=C(OC(C)(C)CC3)C(CC=C(C)C)(CC(CC=C(C)C)C1(C)C)C2=O. The lowest BCUT2D eigenvalue weighted by molar-refractivity contribution is -0.169. The van der Waals surface area contributed by atoms with E-state index in [4.69, 9.17) is 4.74 Å². The van der Waals surface area contributed by atoms with E-state index < -0.39 is 21.8 Å². The van der Waals surface area contributed by atoms with Gasteiger partial charge in [-0.25, -0.2) is 0 Å². The zero-order chi connectivity index (χ0) is 27.4. The van der Waals surface area contributed by atoms with Crippen LogP contribution in [0, 0.1) is 22.2 Å². The summed E-state index contributed by atoms with van der Waals surface area (Å²) in [6.45, 7) is 21.3. The normalized spacial score (nSPS) is 29.7. The van der Waals surface area contributed by atoms with Gasteiger partial charge >= 0.3 is 0 Å². The van der Waals surface area contributed by atoms with Gasteiger partial charge in [0, 0.05) is 5.57 Å². The van der Waals surface area contributed by atoms with Gasteiger partial charge in [0.2, 0.25) is 0 Å². The van der Waals surface area contributed by atoms with Crippen LogP contribution in [-0.2, 0) is 14.3 Å². The molecule has 198 valence electrons. The Labute approximate surface area is 223 Å². The maximum atomic E-state index is 15.2. The molecule has 1 aliphatic heterocycles. The van der Waals surface area contributed by atoms with Gasteiger partial charge in [-0.3, -0.25) is 9.59 Å². The van der Waals surface area contributed by atoms with Crippen molar-refractivity contribution in [1.82, 2.24) is 0 Å². The van der Waals surface area contributed by atoms with Crippen molar-refractivity contribution >= 4 is 17.1 Å². The molecule has 0 N–H and O–H groups in total. The van der Waals surface area contributed by atoms with E-state index in [9.17, 15) is 4.79 Å². The first-order valence-corrected chi connectivity index (χ1v) is 13.7. The van der Waals surface area contributed by atoms with Gasteiger partial charge in [0.05, 0.1) is 5.41 Å². The van der Waals surface area contributed by atoms with Gasteiger partial charge < -0.3 is 4.74 Å². The summed E-state index contributed by atoms with van der Waals surface area (Å²) in [5, 5.41) is 0. The molecule has 0 saturated heterocycles. The smallest absolute Gasteiger partial charge is 0.180 e. The number of hydrogen-bond donors (Lipinski definition) is 0. The Morgan fingerprint density at radius 2 is 1.62 bits per heavy atom. The van der Waals surface area contributed by atoms with E-state index in [1.165, 1.54) is 5.57 Å². The lowest BCUT2D eigenvalue weighted by Crippen LogP contribution is -2.67. The largest absolute Gasteiger partial charge is 0.491 e. The van der Waals surface area contributed by atoms with Crippen molar-refractivity contribution in [3.8, 4) is 0 Å². The number of ketones is 2. The predicted molar refractivity (Wildman–Crippen MR) is 152 cm³/mol. The first kappa shape index (κ1) is 27.4. The van der Waals surface area contributed by atoms with Crippen LogP contribution in [0.3, 0.4) is 0 Å². The number of carbonyl (C=O) groups excluding carboxylic acids is 2. The van der Waals surface area contributed by atoms with Crippen LogP contribution in [0.15, 0.2) is 71.5 Å². The first-order valence-electron chi connectivity index (χ1n) is 13.7. The second kappa shape index (κ2) is 9.26. The van der Waals surface area contributed by atoms with Crippen LogP contribution in [0.4, 0.5) is 0 Å². The van der Waals surface area contributed by atoms with Crippen LogP contribution < -0.4 is 0 Å². The molecule has 1 aromatic rings. The van der Waals surface area contributed by atoms with E-state index in [-0.39, 0.29) is 17.5 Å². The van der Waals surface area contributed by atoms with Gasteiger partial charge in [-0.05, 0) is 96.1 Å². The van der Waals surface area contributed by atoms with Crippen LogP contribution in [0.2, 0.25) is 0 Å². The summed E-state index contributed by atoms with van der Waals surface area (Å²) in [6, 6.07) is 9.84. The highest BCUT2D eigenvalue weighted by atomic mass is 16.5. The van der Waals surface area contributed by atoms with Crippen molar-refractivity contribution in [1.29, 1.82) is 0 Å². The van der Waals surface area contributed by atoms with Gasteiger partial charge in [0.15, 0.2) is 11.6 Å². The minimum absolute atomic E-state index is 0.0220. The third kappa shape index (κ3) is 4.10. The molecule has 3 heteroatoms. The number of ether oxygens (including phenoxy) is 1. The number of rotatable bonds is 6. The van der Waals surface area contributed by atoms with Crippen LogP contribution in [0.5, 0.6) is 0 Å². The molecule has 1 heterocycles. The molecule has 2 aliphatic carbocycles. The van der Waals surface area contributed by atoms with Gasteiger partial charge in [-0.15, -0.1) is 0 Å². The van der Waals surface area contributed by atoms with Gasteiger partial charge in [-0.1, -0.05) is 74.1 Å². The molecule has 0 radical (unpaired) electrons. The van der Waals surface area contributed by atoms with Gasteiger partial charge in [-0.2, -0.15) is 0 Å². The average Bonchev–Trinajstić information content (AvgIpc) is 2.82. The molecule has 0 aromatic heterocycles. The molecule has 0 spiro atoms. The van der Waals surface area contributed by atoms with E-state index >= 15 is 4.79 Å². The van der Waals surface area contributed by atoms with Crippen molar-refractivity contribution in [3.63, 3.8) is 0 Å². The van der Waals surface area contributed by atoms with E-state index in [1.54, 1.807) is 0 Å². The van der Waals surface area contributed by atoms with Crippen molar-refractivity contribution in [2.24, 2.45) is 22.2 Å². The Hall–Kier alpha value is -2.68. The molecular formula is C34H44O3. The Bertz CT molecular complexity index is 1210. The summed E-state index contributed by atoms with van der Waals surface area (Å²) in [5.41, 5.74) is 1.34. The molecule has 3 aliphatic rings. The molecule has 3 nitrogen and oxygen atoms in total. The van der Waals surface area contributed by atoms with Crippen LogP contribution in [0.1, 0.15) is 93.1 Å². The third-order valence-corrected chi connectivity index (χ3v) is 9.28. The quantitative estimate of drug-likeness (QED) is 0.291. The Morgan fingerprint density at radius 1 is 1.00 bits per heavy atom. The van der Waals surface area contributed by atoms with Crippen LogP contribution in [0.25, 0.3) is 5.57 Å². The van der Waals surface area contributed by atoms with E-state index in [0.717, 1.165) is 24.0 Å². The summed E-state index contributed by atoms with van der Waals surface area (Å²) in [5.74, 6) is 0.631. The monoisotopic (exact) mass is 500 g/mol. The lowest BCUT2D eigenvalue weighted by atomic mass is 9.38. The predicted octanol–water partition coefficient (Wildman–Crippen LogP) is 8.43. The maximum Gasteiger partial charge on any atom is 0.180 e. The summed E-state index contributed by atoms with van der Waals surface area (Å²) >= 11 is 0. The molecule has 2 bridgehead atoms. The minimum atomic E-state index is -1.34. The molecule has 3 unspecified atom stereocenters. The fourth-order valence-corrected chi connectivity index (χ4v) is 7.00. The third-order valence-electron chi connectivity index (χ3n) is 9.28. The topological polar surface area (TPSA) is 43.4 Å². The van der Waals surface area contributed by atoms with Crippen molar-refractivity contribution in [3.05, 3.63) is 77.1 Å². The number of carbonyl (C=O) groups is 2. The van der Waals surface area contributed by atoms with E-state index in [1.807, 2.05) is 30.3 Å². The number of fused-ring (bicyclic) bond motifs is 3. The van der Waals surface area contributed by atoms with Gasteiger partial charge in [0.1, 0.15) is 16.8 Å². The van der Waals surface area contributed by atoms with E-state index in [2.05, 4.69) is 74.1 Å². The second-order valence-electron chi connectivity index (χ2n) is 13.1. The Kier molecular flexibility index (Phi) is 6.84. The average molecular weight is 501 g/mol. The molecule has 1 aromatic carbocycles. The minimum Gasteiger partial charge on any atom is -0.491 e. The lowest BCUT2D eigenvalue weighted by Gasteiger charge is -2.62. The molecule has 1 fully saturated rings. The molecule has 1 saturated carbocycles. The highest BCUT2D eigenvalue weighted by molar-refractivity contribution is 6.28. The number of allylic oxidation sites excluding steroid dienone is 7. The standard InChI is InChI=1S/C34H44O3/c1-22(2)15-16-26-21-33(20-17-23(3)4)29-27(18-19-31(6,7)37-29)28(35)34(30(33)36,32(26,8)9)24(5)25-13-11-10-12-14-25/h10-15,17,26H,5,16,18-21H2,1-4,6-9H3. The maximum absolute atomic E-state index is 15.2. The molecular weight excluding hydrogens is 456 g/mol. The van der Waals surface area contributed by atoms with E-state index in [0.29, 0.717) is 36.2 Å². The summed E-state index contributed by atoms with van der Waals surface area (Å²) < 4.78 is 6.68. The molecule has 37 heavy (non-hydrogen) atoms. The zero-order valence-electron chi connectivity index (χ0n) is 24.1. The Morgan fingerprint density at radius 3 is 2.22 bits per heavy atom. The number of hydrogen-bond acceptors (Lipinski definition) is 3. The van der Waals surface area contributed by atoms with Crippen molar-refractivity contribution in [2.75, 3.05) is 0 Å². The zero-order valence-corrected chi connectivity index (χ0v) is 24.1. The first-order chi connectivity index (χ1) is 17.2. The fraction of sp³-hybridized carbons (Fsp3) is 0.529. The number of Topliss-reactive ketones (excluding diaryl/α,β-unsaturated/α-hetero) is 2. The van der Waals surface area contributed by atoms with Gasteiger partial charge in [0.25, 0.3) is 0 Å². The Balaban J connectivity index is 2.08. The number of benzene rings is 1. The van der Waals surface area contributed by atoms with Crippen LogP contribution >= 0.6 is 0 Å². The highest BCUT2D eigenvalue weighted by Crippen LogP contribution is 2.69. The van der Waals surface area contributed by atoms with Crippen molar-refractivity contribution in [2.45, 2.75) is 93.1 Å². The summed E-state index contributed by atoms with van der Waals surface area (Å²) in [4.78, 5) is 30.1. The summed E-state index contributed by atoms with van der Waals surface area (Å²) in [6.07, 6.45) is 7.82. The summed E-state index contributed by atoms with van der Waals surface area (Å²) in [7, 11) is 0. The van der Waals surface area contributed by atoms with Crippen LogP contribution in [-0.4, -0.2) is 17.2 Å².